The molecule has 6 nitrogen and oxygen atoms in total. The molecule has 0 spiro atoms. The first-order chi connectivity index (χ1) is 10.7. The Morgan fingerprint density at radius 2 is 2.23 bits per heavy atom. The number of aryl methyl sites for hydroxylation is 2. The molecule has 1 fully saturated rings. The van der Waals surface area contributed by atoms with Crippen LogP contribution >= 0.6 is 11.3 Å². The van der Waals surface area contributed by atoms with E-state index in [0.717, 1.165) is 23.7 Å². The molecule has 7 heteroatoms. The van der Waals surface area contributed by atoms with Gasteiger partial charge in [-0.3, -0.25) is 9.58 Å². The highest BCUT2D eigenvalue weighted by atomic mass is 32.1. The lowest BCUT2D eigenvalue weighted by Gasteiger charge is -2.38. The molecule has 0 atom stereocenters. The van der Waals surface area contributed by atoms with Crippen molar-refractivity contribution in [1.82, 2.24) is 24.8 Å². The number of rotatable bonds is 4. The van der Waals surface area contributed by atoms with Crippen LogP contribution in [-0.2, 0) is 6.54 Å². The van der Waals surface area contributed by atoms with Crippen LogP contribution in [0.15, 0.2) is 28.1 Å². The Labute approximate surface area is 132 Å². The summed E-state index contributed by atoms with van der Waals surface area (Å²) < 4.78 is 7.47. The summed E-state index contributed by atoms with van der Waals surface area (Å²) in [6.07, 6.45) is 0. The highest BCUT2D eigenvalue weighted by Crippen LogP contribution is 2.25. The number of nitrogens with zero attached hydrogens (tertiary/aromatic N) is 5. The zero-order valence-corrected chi connectivity index (χ0v) is 13.4. The fourth-order valence-corrected chi connectivity index (χ4v) is 3.51. The average Bonchev–Trinajstić information content (AvgIpc) is 3.14. The summed E-state index contributed by atoms with van der Waals surface area (Å²) in [5, 5.41) is 10.6. The first-order valence-electron chi connectivity index (χ1n) is 7.30. The van der Waals surface area contributed by atoms with Crippen molar-refractivity contribution in [3.8, 4) is 10.7 Å². The molecular formula is C15H17N5OS. The Hall–Kier alpha value is -1.99. The fourth-order valence-electron chi connectivity index (χ4n) is 2.86. The van der Waals surface area contributed by atoms with Gasteiger partial charge < -0.3 is 4.52 Å². The summed E-state index contributed by atoms with van der Waals surface area (Å²) in [6, 6.07) is 6.56. The monoisotopic (exact) mass is 315 g/mol. The van der Waals surface area contributed by atoms with E-state index >= 15 is 0 Å². The molecule has 22 heavy (non-hydrogen) atoms. The second-order valence-corrected chi connectivity index (χ2v) is 6.66. The summed E-state index contributed by atoms with van der Waals surface area (Å²) in [6.45, 7) is 6.78. The smallest absolute Gasteiger partial charge is 0.241 e. The van der Waals surface area contributed by atoms with Gasteiger partial charge in [0.1, 0.15) is 0 Å². The first-order valence-corrected chi connectivity index (χ1v) is 8.18. The largest absolute Gasteiger partial charge is 0.338 e. The van der Waals surface area contributed by atoms with E-state index in [1.807, 2.05) is 24.4 Å². The van der Waals surface area contributed by atoms with E-state index in [4.69, 9.17) is 4.52 Å². The molecule has 4 heterocycles. The number of aromatic nitrogens is 4. The lowest BCUT2D eigenvalue weighted by atomic mass is 10.1. The van der Waals surface area contributed by atoms with Gasteiger partial charge in [-0.05, 0) is 31.4 Å². The molecule has 114 valence electrons. The molecule has 1 aliphatic heterocycles. The fraction of sp³-hybridized carbons (Fsp3) is 0.400. The van der Waals surface area contributed by atoms with Gasteiger partial charge in [0.25, 0.3) is 0 Å². The zero-order chi connectivity index (χ0) is 15.1. The maximum atomic E-state index is 5.35. The number of thiophene rings is 1. The third-order valence-electron chi connectivity index (χ3n) is 3.90. The topological polar surface area (TPSA) is 60.0 Å². The Balaban J connectivity index is 1.37. The van der Waals surface area contributed by atoms with Gasteiger partial charge >= 0.3 is 0 Å². The molecule has 0 aromatic carbocycles. The van der Waals surface area contributed by atoms with Gasteiger partial charge in [0.15, 0.2) is 0 Å². The van der Waals surface area contributed by atoms with Gasteiger partial charge in [-0.15, -0.1) is 11.3 Å². The van der Waals surface area contributed by atoms with Gasteiger partial charge in [-0.25, -0.2) is 0 Å². The molecule has 4 rings (SSSR count). The van der Waals surface area contributed by atoms with Crippen LogP contribution in [0, 0.1) is 13.8 Å². The first kappa shape index (κ1) is 13.7. The van der Waals surface area contributed by atoms with Crippen molar-refractivity contribution in [2.75, 3.05) is 13.1 Å². The van der Waals surface area contributed by atoms with Crippen LogP contribution < -0.4 is 0 Å². The van der Waals surface area contributed by atoms with Crippen molar-refractivity contribution in [1.29, 1.82) is 0 Å². The van der Waals surface area contributed by atoms with E-state index in [2.05, 4.69) is 37.8 Å². The van der Waals surface area contributed by atoms with E-state index < -0.39 is 0 Å². The maximum absolute atomic E-state index is 5.35. The normalized spacial score (nSPS) is 16.1. The summed E-state index contributed by atoms with van der Waals surface area (Å²) >= 11 is 1.62. The molecule has 1 aliphatic rings. The average molecular weight is 315 g/mol. The Morgan fingerprint density at radius 1 is 1.36 bits per heavy atom. The maximum Gasteiger partial charge on any atom is 0.241 e. The summed E-state index contributed by atoms with van der Waals surface area (Å²) in [5.74, 6) is 1.36. The van der Waals surface area contributed by atoms with E-state index in [-0.39, 0.29) is 0 Å². The molecule has 0 bridgehead atoms. The van der Waals surface area contributed by atoms with Crippen molar-refractivity contribution < 1.29 is 4.52 Å². The third-order valence-corrected chi connectivity index (χ3v) is 4.76. The molecule has 0 aliphatic carbocycles. The minimum Gasteiger partial charge on any atom is -0.338 e. The molecule has 1 saturated heterocycles. The van der Waals surface area contributed by atoms with Crippen LogP contribution in [0.1, 0.15) is 23.3 Å². The van der Waals surface area contributed by atoms with Crippen LogP contribution in [0.3, 0.4) is 0 Å². The van der Waals surface area contributed by atoms with E-state index in [1.54, 1.807) is 11.3 Å². The van der Waals surface area contributed by atoms with E-state index in [0.29, 0.717) is 24.3 Å². The SMILES string of the molecule is Cc1cc(C)n(C2CN(Cc3nc(-c4cccs4)no3)C2)n1. The Kier molecular flexibility index (Phi) is 3.31. The molecule has 0 saturated carbocycles. The van der Waals surface area contributed by atoms with Crippen molar-refractivity contribution in [3.05, 3.63) is 40.9 Å². The quantitative estimate of drug-likeness (QED) is 0.741. The second-order valence-electron chi connectivity index (χ2n) is 5.71. The molecule has 0 radical (unpaired) electrons. The molecule has 0 N–H and O–H groups in total. The van der Waals surface area contributed by atoms with Gasteiger partial charge in [0.2, 0.25) is 11.7 Å². The number of hydrogen-bond acceptors (Lipinski definition) is 6. The minimum absolute atomic E-state index is 0.452. The Bertz CT molecular complexity index is 770. The number of likely N-dealkylation sites (tertiary alicyclic amines) is 1. The highest BCUT2D eigenvalue weighted by Gasteiger charge is 2.31. The number of hydrogen-bond donors (Lipinski definition) is 0. The third kappa shape index (κ3) is 2.46. The second kappa shape index (κ2) is 5.33. The predicted molar refractivity (Wildman–Crippen MR) is 83.6 cm³/mol. The van der Waals surface area contributed by atoms with Crippen molar-refractivity contribution >= 4 is 11.3 Å². The van der Waals surface area contributed by atoms with Crippen LogP contribution in [0.2, 0.25) is 0 Å². The lowest BCUT2D eigenvalue weighted by molar-refractivity contribution is 0.0777. The van der Waals surface area contributed by atoms with Crippen molar-refractivity contribution in [3.63, 3.8) is 0 Å². The molecule has 3 aromatic heterocycles. The van der Waals surface area contributed by atoms with Crippen LogP contribution in [0.5, 0.6) is 0 Å². The Morgan fingerprint density at radius 3 is 2.91 bits per heavy atom. The van der Waals surface area contributed by atoms with Gasteiger partial charge in [0.05, 0.1) is 23.2 Å². The molecule has 0 amide bonds. The van der Waals surface area contributed by atoms with Crippen molar-refractivity contribution in [2.24, 2.45) is 0 Å². The van der Waals surface area contributed by atoms with Crippen LogP contribution in [-0.4, -0.2) is 37.9 Å². The van der Waals surface area contributed by atoms with Crippen molar-refractivity contribution in [2.45, 2.75) is 26.4 Å². The zero-order valence-electron chi connectivity index (χ0n) is 12.6. The lowest BCUT2D eigenvalue weighted by Crippen LogP contribution is -2.47. The van der Waals surface area contributed by atoms with Gasteiger partial charge in [-0.2, -0.15) is 10.1 Å². The molecular weight excluding hydrogens is 298 g/mol. The predicted octanol–water partition coefficient (Wildman–Crippen LogP) is 2.67. The minimum atomic E-state index is 0.452. The highest BCUT2D eigenvalue weighted by molar-refractivity contribution is 7.13. The van der Waals surface area contributed by atoms with Gasteiger partial charge in [0, 0.05) is 18.8 Å². The standard InChI is InChI=1S/C15H17N5OS/c1-10-6-11(2)20(17-10)12-7-19(8-12)9-14-16-15(18-21-14)13-4-3-5-22-13/h3-6,12H,7-9H2,1-2H3. The van der Waals surface area contributed by atoms with E-state index in [1.165, 1.54) is 5.69 Å². The van der Waals surface area contributed by atoms with Crippen LogP contribution in [0.4, 0.5) is 0 Å². The van der Waals surface area contributed by atoms with E-state index in [9.17, 15) is 0 Å². The van der Waals surface area contributed by atoms with Crippen LogP contribution in [0.25, 0.3) is 10.7 Å². The molecule has 0 unspecified atom stereocenters. The molecule has 3 aromatic rings. The summed E-state index contributed by atoms with van der Waals surface area (Å²) in [4.78, 5) is 7.80. The van der Waals surface area contributed by atoms with Gasteiger partial charge in [-0.1, -0.05) is 11.2 Å². The summed E-state index contributed by atoms with van der Waals surface area (Å²) in [5.41, 5.74) is 2.30. The summed E-state index contributed by atoms with van der Waals surface area (Å²) in [7, 11) is 0.